The van der Waals surface area contributed by atoms with E-state index in [1.807, 2.05) is 6.20 Å². The highest BCUT2D eigenvalue weighted by Crippen LogP contribution is 2.35. The van der Waals surface area contributed by atoms with Crippen molar-refractivity contribution in [3.8, 4) is 0 Å². The van der Waals surface area contributed by atoms with Crippen LogP contribution < -0.4 is 5.32 Å². The van der Waals surface area contributed by atoms with Gasteiger partial charge in [-0.25, -0.2) is 4.98 Å². The summed E-state index contributed by atoms with van der Waals surface area (Å²) < 4.78 is 0. The summed E-state index contributed by atoms with van der Waals surface area (Å²) in [6.07, 6.45) is 6.04. The Morgan fingerprint density at radius 3 is 2.93 bits per heavy atom. The third-order valence-corrected chi connectivity index (χ3v) is 2.87. The molecule has 78 valence electrons. The average Bonchev–Trinajstić information content (AvgIpc) is 2.46. The number of hydrogen-bond acceptors (Lipinski definition) is 2. The molecule has 2 rings (SSSR count). The SMILES string of the molecule is CC(C)NCc1ncc(C2CCC2)[nH]1. The molecule has 1 fully saturated rings. The van der Waals surface area contributed by atoms with Crippen molar-refractivity contribution in [2.24, 2.45) is 0 Å². The lowest BCUT2D eigenvalue weighted by Crippen LogP contribution is -2.22. The molecule has 0 aliphatic heterocycles. The number of hydrogen-bond donors (Lipinski definition) is 2. The second-order valence-corrected chi connectivity index (χ2v) is 4.45. The zero-order chi connectivity index (χ0) is 9.97. The van der Waals surface area contributed by atoms with Gasteiger partial charge in [0.1, 0.15) is 5.82 Å². The summed E-state index contributed by atoms with van der Waals surface area (Å²) in [5, 5.41) is 3.36. The predicted octanol–water partition coefficient (Wildman–Crippen LogP) is 2.18. The van der Waals surface area contributed by atoms with Crippen molar-refractivity contribution >= 4 is 0 Å². The summed E-state index contributed by atoms with van der Waals surface area (Å²) in [4.78, 5) is 7.77. The quantitative estimate of drug-likeness (QED) is 0.769. The Morgan fingerprint density at radius 2 is 2.36 bits per heavy atom. The van der Waals surface area contributed by atoms with Gasteiger partial charge in [-0.05, 0) is 12.8 Å². The molecule has 3 nitrogen and oxygen atoms in total. The van der Waals surface area contributed by atoms with Crippen molar-refractivity contribution in [3.05, 3.63) is 17.7 Å². The van der Waals surface area contributed by atoms with Gasteiger partial charge in [0, 0.05) is 23.9 Å². The first-order chi connectivity index (χ1) is 6.75. The van der Waals surface area contributed by atoms with E-state index in [0.717, 1.165) is 18.3 Å². The van der Waals surface area contributed by atoms with Crippen molar-refractivity contribution in [2.45, 2.75) is 51.6 Å². The second kappa shape index (κ2) is 4.13. The molecule has 1 aliphatic carbocycles. The normalized spacial score (nSPS) is 17.4. The van der Waals surface area contributed by atoms with E-state index in [0.29, 0.717) is 6.04 Å². The summed E-state index contributed by atoms with van der Waals surface area (Å²) in [5.41, 5.74) is 1.33. The Balaban J connectivity index is 1.89. The van der Waals surface area contributed by atoms with Gasteiger partial charge in [0.25, 0.3) is 0 Å². The molecule has 0 bridgehead atoms. The first-order valence-corrected chi connectivity index (χ1v) is 5.53. The Labute approximate surface area is 85.3 Å². The minimum Gasteiger partial charge on any atom is -0.345 e. The van der Waals surface area contributed by atoms with Crippen molar-refractivity contribution in [3.63, 3.8) is 0 Å². The molecule has 0 unspecified atom stereocenters. The summed E-state index contributed by atoms with van der Waals surface area (Å²) in [6.45, 7) is 5.15. The van der Waals surface area contributed by atoms with E-state index < -0.39 is 0 Å². The van der Waals surface area contributed by atoms with E-state index in [1.165, 1.54) is 25.0 Å². The fourth-order valence-electron chi connectivity index (χ4n) is 1.70. The predicted molar refractivity (Wildman–Crippen MR) is 57.2 cm³/mol. The fraction of sp³-hybridized carbons (Fsp3) is 0.727. The maximum atomic E-state index is 4.37. The van der Waals surface area contributed by atoms with E-state index in [2.05, 4.69) is 29.1 Å². The Kier molecular flexibility index (Phi) is 2.87. The molecule has 14 heavy (non-hydrogen) atoms. The highest BCUT2D eigenvalue weighted by atomic mass is 15.0. The molecule has 0 atom stereocenters. The van der Waals surface area contributed by atoms with E-state index in [-0.39, 0.29) is 0 Å². The highest BCUT2D eigenvalue weighted by molar-refractivity contribution is 5.10. The van der Waals surface area contributed by atoms with Gasteiger partial charge in [0.2, 0.25) is 0 Å². The number of nitrogens with zero attached hydrogens (tertiary/aromatic N) is 1. The second-order valence-electron chi connectivity index (χ2n) is 4.45. The van der Waals surface area contributed by atoms with Crippen LogP contribution in [0.5, 0.6) is 0 Å². The fourth-order valence-corrected chi connectivity index (χ4v) is 1.70. The van der Waals surface area contributed by atoms with Crippen LogP contribution in [-0.2, 0) is 6.54 Å². The van der Waals surface area contributed by atoms with Crippen LogP contribution in [0.4, 0.5) is 0 Å². The van der Waals surface area contributed by atoms with Crippen molar-refractivity contribution in [2.75, 3.05) is 0 Å². The first kappa shape index (κ1) is 9.71. The number of aromatic nitrogens is 2. The standard InChI is InChI=1S/C11H19N3/c1-8(2)12-7-11-13-6-10(14-11)9-4-3-5-9/h6,8-9,12H,3-5,7H2,1-2H3,(H,13,14). The molecular formula is C11H19N3. The van der Waals surface area contributed by atoms with Crippen LogP contribution in [0.25, 0.3) is 0 Å². The Morgan fingerprint density at radius 1 is 1.57 bits per heavy atom. The molecule has 3 heteroatoms. The summed E-state index contributed by atoms with van der Waals surface area (Å²) in [7, 11) is 0. The van der Waals surface area contributed by atoms with Gasteiger partial charge in [-0.1, -0.05) is 20.3 Å². The summed E-state index contributed by atoms with van der Waals surface area (Å²) >= 11 is 0. The maximum Gasteiger partial charge on any atom is 0.120 e. The van der Waals surface area contributed by atoms with Gasteiger partial charge in [0.05, 0.1) is 6.54 Å². The zero-order valence-electron chi connectivity index (χ0n) is 9.01. The van der Waals surface area contributed by atoms with E-state index in [4.69, 9.17) is 0 Å². The topological polar surface area (TPSA) is 40.7 Å². The van der Waals surface area contributed by atoms with Crippen LogP contribution in [-0.4, -0.2) is 16.0 Å². The molecule has 1 aromatic heterocycles. The molecule has 0 aromatic carbocycles. The van der Waals surface area contributed by atoms with Crippen LogP contribution >= 0.6 is 0 Å². The van der Waals surface area contributed by atoms with Gasteiger partial charge < -0.3 is 10.3 Å². The summed E-state index contributed by atoms with van der Waals surface area (Å²) in [6, 6.07) is 0.521. The molecule has 1 aliphatic rings. The molecule has 0 radical (unpaired) electrons. The minimum absolute atomic E-state index is 0.521. The Hall–Kier alpha value is -0.830. The van der Waals surface area contributed by atoms with Gasteiger partial charge in [-0.2, -0.15) is 0 Å². The lowest BCUT2D eigenvalue weighted by atomic mass is 9.83. The van der Waals surface area contributed by atoms with Crippen LogP contribution in [0.1, 0.15) is 50.5 Å². The monoisotopic (exact) mass is 193 g/mol. The molecule has 1 heterocycles. The van der Waals surface area contributed by atoms with Gasteiger partial charge in [-0.15, -0.1) is 0 Å². The Bertz CT molecular complexity index is 286. The third-order valence-electron chi connectivity index (χ3n) is 2.87. The molecular weight excluding hydrogens is 174 g/mol. The van der Waals surface area contributed by atoms with Gasteiger partial charge in [0.15, 0.2) is 0 Å². The molecule has 1 saturated carbocycles. The van der Waals surface area contributed by atoms with Crippen LogP contribution in [0.15, 0.2) is 6.20 Å². The van der Waals surface area contributed by atoms with Crippen molar-refractivity contribution in [1.82, 2.24) is 15.3 Å². The number of imidazole rings is 1. The van der Waals surface area contributed by atoms with Crippen LogP contribution in [0.3, 0.4) is 0 Å². The number of nitrogens with one attached hydrogen (secondary N) is 2. The van der Waals surface area contributed by atoms with E-state index >= 15 is 0 Å². The maximum absolute atomic E-state index is 4.37. The molecule has 0 amide bonds. The number of rotatable bonds is 4. The van der Waals surface area contributed by atoms with Crippen LogP contribution in [0.2, 0.25) is 0 Å². The van der Waals surface area contributed by atoms with Crippen LogP contribution in [0, 0.1) is 0 Å². The first-order valence-electron chi connectivity index (χ1n) is 5.53. The lowest BCUT2D eigenvalue weighted by molar-refractivity contribution is 0.411. The molecule has 0 spiro atoms. The molecule has 0 saturated heterocycles. The molecule has 2 N–H and O–H groups in total. The largest absolute Gasteiger partial charge is 0.345 e. The smallest absolute Gasteiger partial charge is 0.120 e. The number of aromatic amines is 1. The summed E-state index contributed by atoms with van der Waals surface area (Å²) in [5.74, 6) is 1.83. The zero-order valence-corrected chi connectivity index (χ0v) is 9.01. The van der Waals surface area contributed by atoms with Gasteiger partial charge in [-0.3, -0.25) is 0 Å². The van der Waals surface area contributed by atoms with E-state index in [1.54, 1.807) is 0 Å². The average molecular weight is 193 g/mol. The van der Waals surface area contributed by atoms with Crippen molar-refractivity contribution in [1.29, 1.82) is 0 Å². The van der Waals surface area contributed by atoms with E-state index in [9.17, 15) is 0 Å². The lowest BCUT2D eigenvalue weighted by Gasteiger charge is -2.23. The third kappa shape index (κ3) is 2.15. The van der Waals surface area contributed by atoms with Gasteiger partial charge >= 0.3 is 0 Å². The molecule has 1 aromatic rings. The number of H-pyrrole nitrogens is 1. The highest BCUT2D eigenvalue weighted by Gasteiger charge is 2.21. The minimum atomic E-state index is 0.521. The van der Waals surface area contributed by atoms with Crippen molar-refractivity contribution < 1.29 is 0 Å².